The summed E-state index contributed by atoms with van der Waals surface area (Å²) in [6, 6.07) is 13.6. The summed E-state index contributed by atoms with van der Waals surface area (Å²) in [5.41, 5.74) is 2.49. The van der Waals surface area contributed by atoms with Gasteiger partial charge in [-0.3, -0.25) is 0 Å². The quantitative estimate of drug-likeness (QED) is 0.787. The molecular weight excluding hydrogens is 252 g/mol. The molecule has 2 aromatic rings. The Morgan fingerprint density at radius 1 is 1.20 bits per heavy atom. The minimum Gasteiger partial charge on any atom is -0.246 e. The van der Waals surface area contributed by atoms with Gasteiger partial charge in [0.15, 0.2) is 0 Å². The van der Waals surface area contributed by atoms with Gasteiger partial charge in [-0.25, -0.2) is 4.98 Å². The predicted molar refractivity (Wildman–Crippen MR) is 62.1 cm³/mol. The molecule has 0 aliphatic heterocycles. The number of benzene rings is 1. The van der Waals surface area contributed by atoms with Gasteiger partial charge in [0.05, 0.1) is 0 Å². The number of pyridine rings is 1. The van der Waals surface area contributed by atoms with Crippen molar-refractivity contribution in [3.8, 4) is 17.2 Å². The molecule has 2 nitrogen and oxygen atoms in total. The van der Waals surface area contributed by atoms with E-state index in [2.05, 4.69) is 20.9 Å². The average Bonchev–Trinajstić information content (AvgIpc) is 2.30. The number of hydrogen-bond donors (Lipinski definition) is 0. The molecule has 0 radical (unpaired) electrons. The van der Waals surface area contributed by atoms with E-state index < -0.39 is 0 Å². The Bertz CT molecular complexity index is 529. The van der Waals surface area contributed by atoms with Crippen LogP contribution in [0.15, 0.2) is 47.1 Å². The Kier molecular flexibility index (Phi) is 2.79. The molecule has 0 unspecified atom stereocenters. The van der Waals surface area contributed by atoms with Crippen molar-refractivity contribution in [1.82, 2.24) is 4.98 Å². The van der Waals surface area contributed by atoms with E-state index in [1.165, 1.54) is 0 Å². The second-order valence-corrected chi connectivity index (χ2v) is 3.88. The molecular formula is C12H7BrN2. The first kappa shape index (κ1) is 9.88. The van der Waals surface area contributed by atoms with Crippen molar-refractivity contribution in [3.05, 3.63) is 52.8 Å². The van der Waals surface area contributed by atoms with Gasteiger partial charge in [-0.05, 0) is 29.3 Å². The van der Waals surface area contributed by atoms with Gasteiger partial charge in [-0.1, -0.05) is 34.1 Å². The third-order valence-electron chi connectivity index (χ3n) is 2.06. The highest BCUT2D eigenvalue weighted by atomic mass is 79.9. The molecule has 2 rings (SSSR count). The SMILES string of the molecule is N#Cc1cc(-c2ccccc2Br)ccn1. The summed E-state index contributed by atoms with van der Waals surface area (Å²) in [7, 11) is 0. The van der Waals surface area contributed by atoms with E-state index >= 15 is 0 Å². The third-order valence-corrected chi connectivity index (χ3v) is 2.75. The maximum atomic E-state index is 8.75. The van der Waals surface area contributed by atoms with Crippen LogP contribution in [0.25, 0.3) is 11.1 Å². The Labute approximate surface area is 96.3 Å². The summed E-state index contributed by atoms with van der Waals surface area (Å²) in [6.45, 7) is 0. The van der Waals surface area contributed by atoms with Crippen LogP contribution in [0.3, 0.4) is 0 Å². The van der Waals surface area contributed by atoms with E-state index in [4.69, 9.17) is 5.26 Å². The molecule has 0 fully saturated rings. The molecule has 1 aromatic heterocycles. The lowest BCUT2D eigenvalue weighted by molar-refractivity contribution is 1.26. The van der Waals surface area contributed by atoms with Gasteiger partial charge in [0.25, 0.3) is 0 Å². The second kappa shape index (κ2) is 4.24. The van der Waals surface area contributed by atoms with E-state index in [0.29, 0.717) is 5.69 Å². The van der Waals surface area contributed by atoms with Crippen LogP contribution in [0.1, 0.15) is 5.69 Å². The van der Waals surface area contributed by atoms with Crippen LogP contribution in [0.2, 0.25) is 0 Å². The fourth-order valence-corrected chi connectivity index (χ4v) is 1.87. The van der Waals surface area contributed by atoms with E-state index in [1.54, 1.807) is 12.3 Å². The van der Waals surface area contributed by atoms with Gasteiger partial charge in [0.2, 0.25) is 0 Å². The van der Waals surface area contributed by atoms with Gasteiger partial charge < -0.3 is 0 Å². The largest absolute Gasteiger partial charge is 0.246 e. The number of nitriles is 1. The minimum absolute atomic E-state index is 0.434. The van der Waals surface area contributed by atoms with E-state index in [-0.39, 0.29) is 0 Å². The summed E-state index contributed by atoms with van der Waals surface area (Å²) < 4.78 is 1.01. The maximum Gasteiger partial charge on any atom is 0.141 e. The summed E-state index contributed by atoms with van der Waals surface area (Å²) in [5.74, 6) is 0. The molecule has 0 aliphatic carbocycles. The summed E-state index contributed by atoms with van der Waals surface area (Å²) >= 11 is 3.48. The summed E-state index contributed by atoms with van der Waals surface area (Å²) in [5, 5.41) is 8.75. The molecule has 0 saturated carbocycles. The number of rotatable bonds is 1. The first-order valence-corrected chi connectivity index (χ1v) is 5.21. The first-order valence-electron chi connectivity index (χ1n) is 4.42. The zero-order valence-corrected chi connectivity index (χ0v) is 9.40. The molecule has 72 valence electrons. The number of hydrogen-bond acceptors (Lipinski definition) is 2. The van der Waals surface area contributed by atoms with Crippen LogP contribution in [-0.2, 0) is 0 Å². The van der Waals surface area contributed by atoms with Crippen molar-refractivity contribution in [2.45, 2.75) is 0 Å². The van der Waals surface area contributed by atoms with Crippen molar-refractivity contribution in [1.29, 1.82) is 5.26 Å². The highest BCUT2D eigenvalue weighted by Crippen LogP contribution is 2.27. The summed E-state index contributed by atoms with van der Waals surface area (Å²) in [6.07, 6.45) is 1.65. The van der Waals surface area contributed by atoms with Crippen LogP contribution in [-0.4, -0.2) is 4.98 Å². The van der Waals surface area contributed by atoms with Crippen LogP contribution in [0.4, 0.5) is 0 Å². The molecule has 3 heteroatoms. The molecule has 0 N–H and O–H groups in total. The van der Waals surface area contributed by atoms with Gasteiger partial charge >= 0.3 is 0 Å². The maximum absolute atomic E-state index is 8.75. The number of halogens is 1. The van der Waals surface area contributed by atoms with Crippen molar-refractivity contribution >= 4 is 15.9 Å². The fourth-order valence-electron chi connectivity index (χ4n) is 1.35. The van der Waals surface area contributed by atoms with Crippen molar-refractivity contribution in [2.24, 2.45) is 0 Å². The average molecular weight is 259 g/mol. The highest BCUT2D eigenvalue weighted by Gasteiger charge is 2.02. The molecule has 0 spiro atoms. The van der Waals surface area contributed by atoms with Gasteiger partial charge in [0, 0.05) is 10.7 Å². The van der Waals surface area contributed by atoms with Gasteiger partial charge in [0.1, 0.15) is 11.8 Å². The summed E-state index contributed by atoms with van der Waals surface area (Å²) in [4.78, 5) is 3.94. The minimum atomic E-state index is 0.434. The van der Waals surface area contributed by atoms with E-state index in [1.807, 2.05) is 36.4 Å². The first-order chi connectivity index (χ1) is 7.31. The Morgan fingerprint density at radius 2 is 2.00 bits per heavy atom. The second-order valence-electron chi connectivity index (χ2n) is 3.02. The third kappa shape index (κ3) is 2.05. The van der Waals surface area contributed by atoms with Crippen molar-refractivity contribution in [3.63, 3.8) is 0 Å². The monoisotopic (exact) mass is 258 g/mol. The lowest BCUT2D eigenvalue weighted by Crippen LogP contribution is -1.84. The Balaban J connectivity index is 2.55. The number of nitrogens with zero attached hydrogens (tertiary/aromatic N) is 2. The normalized spacial score (nSPS) is 9.60. The smallest absolute Gasteiger partial charge is 0.141 e. The molecule has 15 heavy (non-hydrogen) atoms. The van der Waals surface area contributed by atoms with Crippen LogP contribution < -0.4 is 0 Å². The Morgan fingerprint density at radius 3 is 2.73 bits per heavy atom. The van der Waals surface area contributed by atoms with Gasteiger partial charge in [-0.2, -0.15) is 5.26 Å². The van der Waals surface area contributed by atoms with Crippen molar-refractivity contribution in [2.75, 3.05) is 0 Å². The standard InChI is InChI=1S/C12H7BrN2/c13-12-4-2-1-3-11(12)9-5-6-15-10(7-9)8-14/h1-7H. The topological polar surface area (TPSA) is 36.7 Å². The van der Waals surface area contributed by atoms with Gasteiger partial charge in [-0.15, -0.1) is 0 Å². The fraction of sp³-hybridized carbons (Fsp3) is 0. The molecule has 0 bridgehead atoms. The molecule has 0 atom stereocenters. The number of aromatic nitrogens is 1. The molecule has 0 amide bonds. The molecule has 1 heterocycles. The van der Waals surface area contributed by atoms with Crippen LogP contribution in [0, 0.1) is 11.3 Å². The Hall–Kier alpha value is -1.66. The predicted octanol–water partition coefficient (Wildman–Crippen LogP) is 3.38. The van der Waals surface area contributed by atoms with E-state index in [9.17, 15) is 0 Å². The zero-order valence-electron chi connectivity index (χ0n) is 7.81. The lowest BCUT2D eigenvalue weighted by atomic mass is 10.1. The highest BCUT2D eigenvalue weighted by molar-refractivity contribution is 9.10. The molecule has 1 aromatic carbocycles. The molecule has 0 aliphatic rings. The molecule has 0 saturated heterocycles. The van der Waals surface area contributed by atoms with Crippen molar-refractivity contribution < 1.29 is 0 Å². The zero-order chi connectivity index (χ0) is 10.7. The van der Waals surface area contributed by atoms with Crippen LogP contribution >= 0.6 is 15.9 Å². The van der Waals surface area contributed by atoms with Crippen LogP contribution in [0.5, 0.6) is 0 Å². The van der Waals surface area contributed by atoms with E-state index in [0.717, 1.165) is 15.6 Å². The lowest BCUT2D eigenvalue weighted by Gasteiger charge is -2.03.